The molecule has 3 rings (SSSR count). The van der Waals surface area contributed by atoms with Crippen molar-refractivity contribution in [2.75, 3.05) is 26.3 Å². The second kappa shape index (κ2) is 7.24. The molecule has 0 bridgehead atoms. The highest BCUT2D eigenvalue weighted by atomic mass is 16.5. The van der Waals surface area contributed by atoms with Crippen LogP contribution in [-0.2, 0) is 4.74 Å². The van der Waals surface area contributed by atoms with E-state index in [0.29, 0.717) is 6.04 Å². The van der Waals surface area contributed by atoms with Crippen LogP contribution in [0.4, 0.5) is 0 Å². The Kier molecular flexibility index (Phi) is 5.36. The van der Waals surface area contributed by atoms with E-state index in [9.17, 15) is 0 Å². The number of nitrogens with one attached hydrogen (secondary N) is 1. The van der Waals surface area contributed by atoms with Crippen LogP contribution in [0, 0.1) is 5.92 Å². The summed E-state index contributed by atoms with van der Waals surface area (Å²) in [5.74, 6) is 0.927. The van der Waals surface area contributed by atoms with Crippen molar-refractivity contribution in [1.29, 1.82) is 0 Å². The van der Waals surface area contributed by atoms with Gasteiger partial charge in [-0.3, -0.25) is 4.90 Å². The molecule has 0 aromatic rings. The molecule has 0 radical (unpaired) electrons. The first-order valence-corrected chi connectivity index (χ1v) is 8.95. The van der Waals surface area contributed by atoms with E-state index in [2.05, 4.69) is 17.1 Å². The Balaban J connectivity index is 1.62. The number of hydrogen-bond donors (Lipinski definition) is 1. The molecule has 1 N–H and O–H groups in total. The van der Waals surface area contributed by atoms with Crippen molar-refractivity contribution in [3.05, 3.63) is 0 Å². The van der Waals surface area contributed by atoms with Crippen LogP contribution in [-0.4, -0.2) is 49.3 Å². The van der Waals surface area contributed by atoms with Gasteiger partial charge in [-0.2, -0.15) is 0 Å². The van der Waals surface area contributed by atoms with Gasteiger partial charge in [-0.15, -0.1) is 0 Å². The van der Waals surface area contributed by atoms with Crippen molar-refractivity contribution in [3.8, 4) is 0 Å². The topological polar surface area (TPSA) is 24.5 Å². The average molecular weight is 280 g/mol. The predicted octanol–water partition coefficient (Wildman–Crippen LogP) is 2.80. The fourth-order valence-corrected chi connectivity index (χ4v) is 4.53. The molecule has 2 heterocycles. The number of rotatable bonds is 4. The summed E-state index contributed by atoms with van der Waals surface area (Å²) < 4.78 is 5.66. The molecule has 0 aromatic heterocycles. The summed E-state index contributed by atoms with van der Waals surface area (Å²) in [7, 11) is 0. The zero-order valence-corrected chi connectivity index (χ0v) is 13.2. The van der Waals surface area contributed by atoms with Crippen LogP contribution in [0.1, 0.15) is 58.3 Å². The SMILES string of the molecule is CCCC1CNC(C2CCCCC2)CN1C1CCOC1. The first-order valence-electron chi connectivity index (χ1n) is 8.95. The molecule has 3 nitrogen and oxygen atoms in total. The fraction of sp³-hybridized carbons (Fsp3) is 1.00. The molecule has 0 amide bonds. The summed E-state index contributed by atoms with van der Waals surface area (Å²) in [4.78, 5) is 2.81. The molecule has 3 unspecified atom stereocenters. The van der Waals surface area contributed by atoms with Crippen molar-refractivity contribution in [2.45, 2.75) is 76.4 Å². The van der Waals surface area contributed by atoms with E-state index in [-0.39, 0.29) is 0 Å². The minimum atomic E-state index is 0.694. The van der Waals surface area contributed by atoms with E-state index in [4.69, 9.17) is 4.74 Å². The zero-order chi connectivity index (χ0) is 13.8. The molecular formula is C17H32N2O. The lowest BCUT2D eigenvalue weighted by molar-refractivity contribution is 0.0466. The minimum Gasteiger partial charge on any atom is -0.380 e. The first kappa shape index (κ1) is 14.8. The largest absolute Gasteiger partial charge is 0.380 e. The lowest BCUT2D eigenvalue weighted by atomic mass is 9.82. The quantitative estimate of drug-likeness (QED) is 0.857. The molecule has 3 fully saturated rings. The zero-order valence-electron chi connectivity index (χ0n) is 13.2. The van der Waals surface area contributed by atoms with E-state index in [1.165, 1.54) is 64.5 Å². The first-order chi connectivity index (χ1) is 9.88. The van der Waals surface area contributed by atoms with E-state index in [1.807, 2.05) is 0 Å². The van der Waals surface area contributed by atoms with Crippen LogP contribution in [0.25, 0.3) is 0 Å². The Bertz CT molecular complexity index is 285. The summed E-state index contributed by atoms with van der Waals surface area (Å²) in [6, 6.07) is 2.18. The summed E-state index contributed by atoms with van der Waals surface area (Å²) in [5, 5.41) is 3.89. The van der Waals surface area contributed by atoms with Gasteiger partial charge in [0.1, 0.15) is 0 Å². The Hall–Kier alpha value is -0.120. The van der Waals surface area contributed by atoms with Crippen molar-refractivity contribution in [3.63, 3.8) is 0 Å². The summed E-state index contributed by atoms with van der Waals surface area (Å²) >= 11 is 0. The molecule has 0 spiro atoms. The van der Waals surface area contributed by atoms with Gasteiger partial charge in [0.25, 0.3) is 0 Å². The standard InChI is InChI=1S/C17H32N2O/c1-2-6-15-11-18-17(14-7-4-3-5-8-14)12-19(15)16-9-10-20-13-16/h14-18H,2-13H2,1H3. The van der Waals surface area contributed by atoms with Crippen LogP contribution in [0.15, 0.2) is 0 Å². The third kappa shape index (κ3) is 3.37. The number of hydrogen-bond acceptors (Lipinski definition) is 3. The van der Waals surface area contributed by atoms with E-state index >= 15 is 0 Å². The maximum absolute atomic E-state index is 5.66. The van der Waals surface area contributed by atoms with Crippen LogP contribution < -0.4 is 5.32 Å². The fourth-order valence-electron chi connectivity index (χ4n) is 4.53. The second-order valence-electron chi connectivity index (χ2n) is 7.07. The molecule has 3 heteroatoms. The van der Waals surface area contributed by atoms with Gasteiger partial charge in [-0.1, -0.05) is 32.6 Å². The molecule has 2 saturated heterocycles. The highest BCUT2D eigenvalue weighted by molar-refractivity contribution is 4.94. The molecule has 3 aliphatic rings. The number of ether oxygens (including phenoxy) is 1. The van der Waals surface area contributed by atoms with E-state index in [0.717, 1.165) is 31.2 Å². The maximum Gasteiger partial charge on any atom is 0.0622 e. The van der Waals surface area contributed by atoms with Gasteiger partial charge in [0.15, 0.2) is 0 Å². The summed E-state index contributed by atoms with van der Waals surface area (Å²) in [6.07, 6.45) is 11.1. The normalized spacial score (nSPS) is 37.4. The summed E-state index contributed by atoms with van der Waals surface area (Å²) in [6.45, 7) is 6.73. The molecule has 2 aliphatic heterocycles. The number of nitrogens with zero attached hydrogens (tertiary/aromatic N) is 1. The van der Waals surface area contributed by atoms with Crippen LogP contribution in [0.3, 0.4) is 0 Å². The van der Waals surface area contributed by atoms with Gasteiger partial charge in [0.05, 0.1) is 6.61 Å². The minimum absolute atomic E-state index is 0.694. The Morgan fingerprint density at radius 3 is 2.70 bits per heavy atom. The molecule has 1 aliphatic carbocycles. The highest BCUT2D eigenvalue weighted by Crippen LogP contribution is 2.30. The predicted molar refractivity (Wildman–Crippen MR) is 83.0 cm³/mol. The van der Waals surface area contributed by atoms with Crippen LogP contribution >= 0.6 is 0 Å². The van der Waals surface area contributed by atoms with Gasteiger partial charge in [0, 0.05) is 37.8 Å². The Morgan fingerprint density at radius 2 is 2.00 bits per heavy atom. The van der Waals surface area contributed by atoms with Gasteiger partial charge in [-0.25, -0.2) is 0 Å². The second-order valence-corrected chi connectivity index (χ2v) is 7.07. The Morgan fingerprint density at radius 1 is 1.15 bits per heavy atom. The summed E-state index contributed by atoms with van der Waals surface area (Å²) in [5.41, 5.74) is 0. The van der Waals surface area contributed by atoms with E-state index < -0.39 is 0 Å². The van der Waals surface area contributed by atoms with Gasteiger partial charge in [0.2, 0.25) is 0 Å². The Labute approximate surface area is 124 Å². The smallest absolute Gasteiger partial charge is 0.0622 e. The molecular weight excluding hydrogens is 248 g/mol. The highest BCUT2D eigenvalue weighted by Gasteiger charge is 2.36. The molecule has 116 valence electrons. The number of piperazine rings is 1. The average Bonchev–Trinajstić information content (AvgIpc) is 3.03. The molecule has 1 saturated carbocycles. The monoisotopic (exact) mass is 280 g/mol. The molecule has 0 aromatic carbocycles. The third-order valence-corrected chi connectivity index (χ3v) is 5.71. The van der Waals surface area contributed by atoms with Crippen LogP contribution in [0.5, 0.6) is 0 Å². The van der Waals surface area contributed by atoms with Crippen molar-refractivity contribution in [2.24, 2.45) is 5.92 Å². The van der Waals surface area contributed by atoms with Crippen molar-refractivity contribution in [1.82, 2.24) is 10.2 Å². The lowest BCUT2D eigenvalue weighted by Crippen LogP contribution is -2.61. The van der Waals surface area contributed by atoms with Crippen LogP contribution in [0.2, 0.25) is 0 Å². The molecule has 20 heavy (non-hydrogen) atoms. The van der Waals surface area contributed by atoms with Crippen molar-refractivity contribution >= 4 is 0 Å². The third-order valence-electron chi connectivity index (χ3n) is 5.71. The van der Waals surface area contributed by atoms with E-state index in [1.54, 1.807) is 0 Å². The lowest BCUT2D eigenvalue weighted by Gasteiger charge is -2.46. The maximum atomic E-state index is 5.66. The van der Waals surface area contributed by atoms with Crippen molar-refractivity contribution < 1.29 is 4.74 Å². The van der Waals surface area contributed by atoms with Gasteiger partial charge < -0.3 is 10.1 Å². The van der Waals surface area contributed by atoms with Gasteiger partial charge in [-0.05, 0) is 31.6 Å². The van der Waals surface area contributed by atoms with Gasteiger partial charge >= 0.3 is 0 Å². The molecule has 3 atom stereocenters.